The van der Waals surface area contributed by atoms with Crippen molar-refractivity contribution in [2.75, 3.05) is 5.32 Å². The summed E-state index contributed by atoms with van der Waals surface area (Å²) in [5.41, 5.74) is 3.07. The molecule has 0 bridgehead atoms. The van der Waals surface area contributed by atoms with Crippen LogP contribution in [0.1, 0.15) is 21.7 Å². The van der Waals surface area contributed by atoms with Gasteiger partial charge in [0.25, 0.3) is 5.91 Å². The topological polar surface area (TPSA) is 42.0 Å². The van der Waals surface area contributed by atoms with E-state index in [1.54, 1.807) is 6.07 Å². The molecule has 0 spiro atoms. The number of nitrogens with zero attached hydrogens (tertiary/aromatic N) is 1. The predicted octanol–water partition coefficient (Wildman–Crippen LogP) is 3.71. The predicted molar refractivity (Wildman–Crippen MR) is 75.8 cm³/mol. The molecule has 4 heteroatoms. The minimum atomic E-state index is -0.191. The maximum Gasteiger partial charge on any atom is 0.274 e. The standard InChI is InChI=1S/C14H13BrN2O/c1-9-7-10(2)16-13(8-9)14(18)17-12-5-3-11(15)4-6-12/h3-8H,1-2H3,(H,17,18). The fourth-order valence-corrected chi connectivity index (χ4v) is 1.95. The van der Waals surface area contributed by atoms with Crippen LogP contribution in [0.5, 0.6) is 0 Å². The Morgan fingerprint density at radius 3 is 2.44 bits per heavy atom. The van der Waals surface area contributed by atoms with Crippen LogP contribution in [0.4, 0.5) is 5.69 Å². The first-order valence-corrected chi connectivity index (χ1v) is 6.36. The molecule has 0 saturated carbocycles. The van der Waals surface area contributed by atoms with Crippen LogP contribution >= 0.6 is 15.9 Å². The second kappa shape index (κ2) is 5.31. The largest absolute Gasteiger partial charge is 0.321 e. The molecule has 18 heavy (non-hydrogen) atoms. The number of benzene rings is 1. The van der Waals surface area contributed by atoms with Crippen molar-refractivity contribution in [2.45, 2.75) is 13.8 Å². The third kappa shape index (κ3) is 3.17. The summed E-state index contributed by atoms with van der Waals surface area (Å²) in [5.74, 6) is -0.191. The monoisotopic (exact) mass is 304 g/mol. The molecule has 1 aromatic heterocycles. The first kappa shape index (κ1) is 12.8. The van der Waals surface area contributed by atoms with Crippen molar-refractivity contribution in [1.82, 2.24) is 4.98 Å². The summed E-state index contributed by atoms with van der Waals surface area (Å²) in [5, 5.41) is 2.82. The van der Waals surface area contributed by atoms with Crippen molar-refractivity contribution < 1.29 is 4.79 Å². The van der Waals surface area contributed by atoms with E-state index in [9.17, 15) is 4.79 Å². The van der Waals surface area contributed by atoms with E-state index in [0.717, 1.165) is 21.4 Å². The summed E-state index contributed by atoms with van der Waals surface area (Å²) in [4.78, 5) is 16.2. The van der Waals surface area contributed by atoms with Crippen LogP contribution in [0.25, 0.3) is 0 Å². The fourth-order valence-electron chi connectivity index (χ4n) is 1.69. The lowest BCUT2D eigenvalue weighted by molar-refractivity contribution is 0.102. The van der Waals surface area contributed by atoms with Gasteiger partial charge >= 0.3 is 0 Å². The molecule has 1 aromatic carbocycles. The SMILES string of the molecule is Cc1cc(C)nc(C(=O)Nc2ccc(Br)cc2)c1. The van der Waals surface area contributed by atoms with E-state index in [1.165, 1.54) is 0 Å². The lowest BCUT2D eigenvalue weighted by Crippen LogP contribution is -2.14. The number of carbonyl (C=O) groups is 1. The molecule has 0 unspecified atom stereocenters. The Kier molecular flexibility index (Phi) is 3.77. The van der Waals surface area contributed by atoms with Crippen molar-refractivity contribution in [1.29, 1.82) is 0 Å². The van der Waals surface area contributed by atoms with E-state index < -0.39 is 0 Å². The maximum absolute atomic E-state index is 12.0. The van der Waals surface area contributed by atoms with Crippen molar-refractivity contribution >= 4 is 27.5 Å². The smallest absolute Gasteiger partial charge is 0.274 e. The molecule has 0 saturated heterocycles. The number of nitrogens with one attached hydrogen (secondary N) is 1. The van der Waals surface area contributed by atoms with Gasteiger partial charge in [-0.15, -0.1) is 0 Å². The van der Waals surface area contributed by atoms with Crippen LogP contribution in [0.3, 0.4) is 0 Å². The lowest BCUT2D eigenvalue weighted by Gasteiger charge is -2.06. The number of aromatic nitrogens is 1. The second-order valence-corrected chi connectivity index (χ2v) is 5.05. The molecule has 2 rings (SSSR count). The molecule has 0 aliphatic rings. The van der Waals surface area contributed by atoms with Crippen molar-refractivity contribution in [2.24, 2.45) is 0 Å². The van der Waals surface area contributed by atoms with E-state index >= 15 is 0 Å². The minimum absolute atomic E-state index is 0.191. The van der Waals surface area contributed by atoms with E-state index in [4.69, 9.17) is 0 Å². The van der Waals surface area contributed by atoms with Gasteiger partial charge in [-0.3, -0.25) is 4.79 Å². The summed E-state index contributed by atoms with van der Waals surface area (Å²) in [6, 6.07) is 11.2. The van der Waals surface area contributed by atoms with Gasteiger partial charge in [0.05, 0.1) is 0 Å². The average Bonchev–Trinajstić information content (AvgIpc) is 2.31. The Morgan fingerprint density at radius 2 is 1.83 bits per heavy atom. The molecule has 0 aliphatic heterocycles. The highest BCUT2D eigenvalue weighted by atomic mass is 79.9. The van der Waals surface area contributed by atoms with Crippen LogP contribution in [-0.2, 0) is 0 Å². The third-order valence-electron chi connectivity index (χ3n) is 2.43. The van der Waals surface area contributed by atoms with Crippen LogP contribution in [0.2, 0.25) is 0 Å². The minimum Gasteiger partial charge on any atom is -0.321 e. The molecule has 0 fully saturated rings. The molecule has 1 amide bonds. The number of halogens is 1. The third-order valence-corrected chi connectivity index (χ3v) is 2.96. The molecule has 1 heterocycles. The Bertz CT molecular complexity index is 559. The zero-order chi connectivity index (χ0) is 13.1. The highest BCUT2D eigenvalue weighted by molar-refractivity contribution is 9.10. The van der Waals surface area contributed by atoms with Gasteiger partial charge in [0.2, 0.25) is 0 Å². The Morgan fingerprint density at radius 1 is 1.17 bits per heavy atom. The van der Waals surface area contributed by atoms with E-state index in [0.29, 0.717) is 5.69 Å². The van der Waals surface area contributed by atoms with Crippen LogP contribution < -0.4 is 5.32 Å². The summed E-state index contributed by atoms with van der Waals surface area (Å²) in [6.07, 6.45) is 0. The Balaban J connectivity index is 2.19. The van der Waals surface area contributed by atoms with Gasteiger partial charge in [-0.05, 0) is 55.8 Å². The van der Waals surface area contributed by atoms with Gasteiger partial charge in [-0.25, -0.2) is 4.98 Å². The Labute approximate surface area is 114 Å². The molecule has 0 radical (unpaired) electrons. The number of hydrogen-bond acceptors (Lipinski definition) is 2. The van der Waals surface area contributed by atoms with Gasteiger partial charge in [0.1, 0.15) is 5.69 Å². The van der Waals surface area contributed by atoms with Gasteiger partial charge < -0.3 is 5.32 Å². The van der Waals surface area contributed by atoms with Gasteiger partial charge in [0, 0.05) is 15.9 Å². The summed E-state index contributed by atoms with van der Waals surface area (Å²) < 4.78 is 0.977. The van der Waals surface area contributed by atoms with Gasteiger partial charge in [-0.2, -0.15) is 0 Å². The van der Waals surface area contributed by atoms with Gasteiger partial charge in [-0.1, -0.05) is 15.9 Å². The number of pyridine rings is 1. The van der Waals surface area contributed by atoms with Crippen LogP contribution in [0.15, 0.2) is 40.9 Å². The van der Waals surface area contributed by atoms with Crippen molar-refractivity contribution in [3.05, 3.63) is 57.8 Å². The molecule has 1 N–H and O–H groups in total. The maximum atomic E-state index is 12.0. The number of rotatable bonds is 2. The zero-order valence-electron chi connectivity index (χ0n) is 10.2. The highest BCUT2D eigenvalue weighted by Gasteiger charge is 2.08. The van der Waals surface area contributed by atoms with Crippen LogP contribution in [0, 0.1) is 13.8 Å². The number of hydrogen-bond donors (Lipinski definition) is 1. The van der Waals surface area contributed by atoms with Gasteiger partial charge in [0.15, 0.2) is 0 Å². The fraction of sp³-hybridized carbons (Fsp3) is 0.143. The molecular formula is C14H13BrN2O. The normalized spacial score (nSPS) is 10.2. The summed E-state index contributed by atoms with van der Waals surface area (Å²) in [6.45, 7) is 3.83. The molecule has 2 aromatic rings. The molecular weight excluding hydrogens is 292 g/mol. The van der Waals surface area contributed by atoms with E-state index in [1.807, 2.05) is 44.2 Å². The van der Waals surface area contributed by atoms with Crippen LogP contribution in [-0.4, -0.2) is 10.9 Å². The highest BCUT2D eigenvalue weighted by Crippen LogP contribution is 2.15. The number of anilines is 1. The zero-order valence-corrected chi connectivity index (χ0v) is 11.8. The Hall–Kier alpha value is -1.68. The first-order valence-electron chi connectivity index (χ1n) is 5.57. The second-order valence-electron chi connectivity index (χ2n) is 4.13. The first-order chi connectivity index (χ1) is 8.54. The quantitative estimate of drug-likeness (QED) is 0.919. The number of amides is 1. The van der Waals surface area contributed by atoms with E-state index in [-0.39, 0.29) is 5.91 Å². The van der Waals surface area contributed by atoms with Crippen molar-refractivity contribution in [3.8, 4) is 0 Å². The number of aryl methyl sites for hydroxylation is 2. The summed E-state index contributed by atoms with van der Waals surface area (Å²) >= 11 is 3.35. The number of carbonyl (C=O) groups excluding carboxylic acids is 1. The molecule has 3 nitrogen and oxygen atoms in total. The molecule has 0 aliphatic carbocycles. The average molecular weight is 305 g/mol. The lowest BCUT2D eigenvalue weighted by atomic mass is 10.2. The van der Waals surface area contributed by atoms with Crippen molar-refractivity contribution in [3.63, 3.8) is 0 Å². The molecule has 0 atom stereocenters. The summed E-state index contributed by atoms with van der Waals surface area (Å²) in [7, 11) is 0. The molecule has 92 valence electrons. The van der Waals surface area contributed by atoms with E-state index in [2.05, 4.69) is 26.2 Å².